The molecule has 0 aliphatic rings. The maximum atomic E-state index is 13.5. The van der Waals surface area contributed by atoms with E-state index in [0.717, 1.165) is 16.4 Å². The summed E-state index contributed by atoms with van der Waals surface area (Å²) in [5, 5.41) is 0. The lowest BCUT2D eigenvalue weighted by atomic mass is 10.2. The second kappa shape index (κ2) is 5.75. The van der Waals surface area contributed by atoms with E-state index in [4.69, 9.17) is 0 Å². The van der Waals surface area contributed by atoms with Gasteiger partial charge in [0.1, 0.15) is 16.5 Å². The number of nitrogens with zero attached hydrogens (tertiary/aromatic N) is 1. The van der Waals surface area contributed by atoms with Crippen LogP contribution in [-0.4, -0.2) is 25.8 Å². The van der Waals surface area contributed by atoms with Crippen LogP contribution in [0.1, 0.15) is 26.7 Å². The average Bonchev–Trinajstić information content (AvgIpc) is 2.29. The summed E-state index contributed by atoms with van der Waals surface area (Å²) in [6, 6.07) is 2.28. The molecule has 1 aromatic rings. The molecular weight excluding hydrogens is 260 g/mol. The summed E-state index contributed by atoms with van der Waals surface area (Å²) < 4.78 is 51.8. The van der Waals surface area contributed by atoms with E-state index in [9.17, 15) is 17.2 Å². The van der Waals surface area contributed by atoms with Crippen LogP contribution in [0.3, 0.4) is 0 Å². The Bertz CT molecular complexity index is 513. The van der Waals surface area contributed by atoms with Crippen LogP contribution in [0, 0.1) is 11.6 Å². The van der Waals surface area contributed by atoms with Crippen molar-refractivity contribution in [2.75, 3.05) is 7.05 Å². The number of rotatable bonds is 5. The monoisotopic (exact) mass is 277 g/mol. The van der Waals surface area contributed by atoms with Crippen LogP contribution in [0.2, 0.25) is 0 Å². The zero-order chi connectivity index (χ0) is 13.9. The molecule has 0 saturated heterocycles. The molecule has 0 heterocycles. The molecular formula is C12H17F2NO2S. The Balaban J connectivity index is 3.21. The number of halogens is 2. The van der Waals surface area contributed by atoms with Gasteiger partial charge in [-0.3, -0.25) is 0 Å². The summed E-state index contributed by atoms with van der Waals surface area (Å²) in [6.45, 7) is 3.72. The molecule has 6 heteroatoms. The third-order valence-electron chi connectivity index (χ3n) is 3.01. The van der Waals surface area contributed by atoms with Gasteiger partial charge in [-0.25, -0.2) is 17.2 Å². The van der Waals surface area contributed by atoms with Crippen molar-refractivity contribution < 1.29 is 17.2 Å². The van der Waals surface area contributed by atoms with E-state index in [1.807, 2.05) is 13.8 Å². The first-order chi connectivity index (χ1) is 8.34. The quantitative estimate of drug-likeness (QED) is 0.830. The van der Waals surface area contributed by atoms with Crippen molar-refractivity contribution in [1.82, 2.24) is 4.31 Å². The standard InChI is InChI=1S/C12H17F2NO2S/c1-4-10(5-2)15(3)18(16,17)12-7-6-9(13)8-11(12)14/h6-8,10H,4-5H2,1-3H3. The van der Waals surface area contributed by atoms with Crippen molar-refractivity contribution in [3.05, 3.63) is 29.8 Å². The number of hydrogen-bond acceptors (Lipinski definition) is 2. The molecule has 0 aliphatic heterocycles. The lowest BCUT2D eigenvalue weighted by molar-refractivity contribution is 0.348. The minimum Gasteiger partial charge on any atom is -0.207 e. The van der Waals surface area contributed by atoms with Gasteiger partial charge >= 0.3 is 0 Å². The number of benzene rings is 1. The number of sulfonamides is 1. The third kappa shape index (κ3) is 2.87. The van der Waals surface area contributed by atoms with Gasteiger partial charge in [-0.2, -0.15) is 4.31 Å². The van der Waals surface area contributed by atoms with Crippen molar-refractivity contribution in [2.45, 2.75) is 37.6 Å². The first-order valence-corrected chi connectivity index (χ1v) is 7.21. The Morgan fingerprint density at radius 1 is 1.22 bits per heavy atom. The minimum absolute atomic E-state index is 0.195. The molecule has 0 amide bonds. The van der Waals surface area contributed by atoms with Crippen LogP contribution in [0.25, 0.3) is 0 Å². The summed E-state index contributed by atoms with van der Waals surface area (Å²) in [7, 11) is -2.51. The molecule has 0 unspecified atom stereocenters. The summed E-state index contributed by atoms with van der Waals surface area (Å²) in [5.74, 6) is -1.86. The fraction of sp³-hybridized carbons (Fsp3) is 0.500. The maximum absolute atomic E-state index is 13.5. The molecule has 0 spiro atoms. The van der Waals surface area contributed by atoms with Crippen LogP contribution in [0.5, 0.6) is 0 Å². The highest BCUT2D eigenvalue weighted by Gasteiger charge is 2.28. The average molecular weight is 277 g/mol. The Morgan fingerprint density at radius 2 is 1.78 bits per heavy atom. The molecule has 1 rings (SSSR count). The topological polar surface area (TPSA) is 37.4 Å². The van der Waals surface area contributed by atoms with Crippen molar-refractivity contribution in [2.24, 2.45) is 0 Å². The molecule has 18 heavy (non-hydrogen) atoms. The van der Waals surface area contributed by atoms with E-state index in [-0.39, 0.29) is 6.04 Å². The van der Waals surface area contributed by atoms with Gasteiger partial charge in [0.05, 0.1) is 0 Å². The summed E-state index contributed by atoms with van der Waals surface area (Å²) >= 11 is 0. The van der Waals surface area contributed by atoms with E-state index in [0.29, 0.717) is 18.9 Å². The van der Waals surface area contributed by atoms with E-state index >= 15 is 0 Å². The van der Waals surface area contributed by atoms with Crippen LogP contribution in [0.4, 0.5) is 8.78 Å². The molecule has 102 valence electrons. The highest BCUT2D eigenvalue weighted by molar-refractivity contribution is 7.89. The Hall–Kier alpha value is -1.01. The Morgan fingerprint density at radius 3 is 2.22 bits per heavy atom. The predicted octanol–water partition coefficient (Wildman–Crippen LogP) is 2.77. The molecule has 0 aromatic heterocycles. The van der Waals surface area contributed by atoms with E-state index in [1.54, 1.807) is 0 Å². The first-order valence-electron chi connectivity index (χ1n) is 5.77. The number of hydrogen-bond donors (Lipinski definition) is 0. The summed E-state index contributed by atoms with van der Waals surface area (Å²) in [6.07, 6.45) is 1.27. The van der Waals surface area contributed by atoms with Gasteiger partial charge in [-0.05, 0) is 25.0 Å². The highest BCUT2D eigenvalue weighted by Crippen LogP contribution is 2.22. The van der Waals surface area contributed by atoms with E-state index < -0.39 is 26.6 Å². The highest BCUT2D eigenvalue weighted by atomic mass is 32.2. The van der Waals surface area contributed by atoms with Crippen molar-refractivity contribution in [1.29, 1.82) is 0 Å². The molecule has 0 fully saturated rings. The molecule has 0 atom stereocenters. The van der Waals surface area contributed by atoms with Gasteiger partial charge in [0.2, 0.25) is 10.0 Å². The van der Waals surface area contributed by atoms with Gasteiger partial charge in [0, 0.05) is 19.2 Å². The van der Waals surface area contributed by atoms with Gasteiger partial charge in [-0.1, -0.05) is 13.8 Å². The van der Waals surface area contributed by atoms with Gasteiger partial charge < -0.3 is 0 Å². The second-order valence-corrected chi connectivity index (χ2v) is 6.03. The van der Waals surface area contributed by atoms with E-state index in [2.05, 4.69) is 0 Å². The fourth-order valence-electron chi connectivity index (χ4n) is 1.84. The van der Waals surface area contributed by atoms with Crippen LogP contribution < -0.4 is 0 Å². The van der Waals surface area contributed by atoms with Gasteiger partial charge in [-0.15, -0.1) is 0 Å². The van der Waals surface area contributed by atoms with Crippen molar-refractivity contribution >= 4 is 10.0 Å². The third-order valence-corrected chi connectivity index (χ3v) is 4.95. The zero-order valence-corrected chi connectivity index (χ0v) is 11.5. The SMILES string of the molecule is CCC(CC)N(C)S(=O)(=O)c1ccc(F)cc1F. The van der Waals surface area contributed by atoms with Gasteiger partial charge in [0.15, 0.2) is 0 Å². The molecule has 0 N–H and O–H groups in total. The molecule has 1 aromatic carbocycles. The smallest absolute Gasteiger partial charge is 0.207 e. The van der Waals surface area contributed by atoms with Crippen LogP contribution in [0.15, 0.2) is 23.1 Å². The lowest BCUT2D eigenvalue weighted by Crippen LogP contribution is -2.36. The molecule has 0 aliphatic carbocycles. The molecule has 3 nitrogen and oxygen atoms in total. The predicted molar refractivity (Wildman–Crippen MR) is 65.7 cm³/mol. The van der Waals surface area contributed by atoms with Crippen LogP contribution >= 0.6 is 0 Å². The summed E-state index contributed by atoms with van der Waals surface area (Å²) in [4.78, 5) is -0.488. The van der Waals surface area contributed by atoms with Gasteiger partial charge in [0.25, 0.3) is 0 Å². The molecule has 0 bridgehead atoms. The van der Waals surface area contributed by atoms with E-state index in [1.165, 1.54) is 7.05 Å². The maximum Gasteiger partial charge on any atom is 0.245 e. The lowest BCUT2D eigenvalue weighted by Gasteiger charge is -2.25. The first kappa shape index (κ1) is 15.0. The van der Waals surface area contributed by atoms with Crippen molar-refractivity contribution in [3.63, 3.8) is 0 Å². The zero-order valence-electron chi connectivity index (χ0n) is 10.7. The summed E-state index contributed by atoms with van der Waals surface area (Å²) in [5.41, 5.74) is 0. The molecule has 0 saturated carbocycles. The normalized spacial score (nSPS) is 12.4. The van der Waals surface area contributed by atoms with Crippen LogP contribution in [-0.2, 0) is 10.0 Å². The Kier molecular flexibility index (Phi) is 4.81. The fourth-order valence-corrected chi connectivity index (χ4v) is 3.38. The van der Waals surface area contributed by atoms with Crippen molar-refractivity contribution in [3.8, 4) is 0 Å². The largest absolute Gasteiger partial charge is 0.245 e. The molecule has 0 radical (unpaired) electrons. The Labute approximate surface area is 106 Å². The second-order valence-electron chi connectivity index (χ2n) is 4.07. The minimum atomic E-state index is -3.92.